The lowest BCUT2D eigenvalue weighted by atomic mass is 10.1. The molecule has 5 heteroatoms. The van der Waals surface area contributed by atoms with E-state index in [9.17, 15) is 9.59 Å². The number of hydrogen-bond acceptors (Lipinski definition) is 3. The minimum Gasteiger partial charge on any atom is -0.478 e. The molecule has 0 bridgehead atoms. The highest BCUT2D eigenvalue weighted by Crippen LogP contribution is 2.43. The standard InChI is InChI=1S/C16H15NO3S/c18-15(14-13(6-7-21-14)11-4-5-11)17-9-10-2-1-3-12(8-10)16(19)20/h1-3,6-8,11H,4-5,9H2,(H,17,18)(H,19,20). The second kappa shape index (κ2) is 5.69. The summed E-state index contributed by atoms with van der Waals surface area (Å²) in [6, 6.07) is 8.65. The van der Waals surface area contributed by atoms with E-state index in [1.807, 2.05) is 17.5 Å². The van der Waals surface area contributed by atoms with Crippen molar-refractivity contribution in [3.8, 4) is 0 Å². The molecule has 4 nitrogen and oxygen atoms in total. The van der Waals surface area contributed by atoms with Crippen LogP contribution in [0.4, 0.5) is 0 Å². The molecule has 108 valence electrons. The van der Waals surface area contributed by atoms with Crippen molar-refractivity contribution < 1.29 is 14.7 Å². The third-order valence-electron chi connectivity index (χ3n) is 3.55. The molecule has 1 saturated carbocycles. The lowest BCUT2D eigenvalue weighted by molar-refractivity contribution is 0.0696. The Bertz CT molecular complexity index is 688. The van der Waals surface area contributed by atoms with Crippen molar-refractivity contribution in [3.05, 3.63) is 57.3 Å². The Morgan fingerprint density at radius 1 is 1.29 bits per heavy atom. The summed E-state index contributed by atoms with van der Waals surface area (Å²) < 4.78 is 0. The molecule has 1 heterocycles. The molecule has 0 saturated heterocycles. The van der Waals surface area contributed by atoms with Crippen LogP contribution >= 0.6 is 11.3 Å². The molecule has 3 rings (SSSR count). The summed E-state index contributed by atoms with van der Waals surface area (Å²) in [4.78, 5) is 23.9. The van der Waals surface area contributed by atoms with Gasteiger partial charge in [-0.05, 0) is 53.5 Å². The zero-order valence-corrected chi connectivity index (χ0v) is 12.2. The van der Waals surface area contributed by atoms with Gasteiger partial charge >= 0.3 is 5.97 Å². The quantitative estimate of drug-likeness (QED) is 0.891. The smallest absolute Gasteiger partial charge is 0.335 e. The summed E-state index contributed by atoms with van der Waals surface area (Å²) in [6.45, 7) is 0.335. The lowest BCUT2D eigenvalue weighted by Gasteiger charge is -2.06. The van der Waals surface area contributed by atoms with Gasteiger partial charge in [-0.25, -0.2) is 4.79 Å². The maximum atomic E-state index is 12.2. The zero-order valence-electron chi connectivity index (χ0n) is 11.3. The first-order valence-corrected chi connectivity index (χ1v) is 7.71. The summed E-state index contributed by atoms with van der Waals surface area (Å²) in [5.74, 6) is -0.489. The molecule has 1 aromatic heterocycles. The van der Waals surface area contributed by atoms with Gasteiger partial charge in [0.2, 0.25) is 0 Å². The van der Waals surface area contributed by atoms with Crippen LogP contribution in [0.5, 0.6) is 0 Å². The molecule has 2 N–H and O–H groups in total. The van der Waals surface area contributed by atoms with E-state index >= 15 is 0 Å². The average Bonchev–Trinajstić information content (AvgIpc) is 3.22. The molecule has 1 amide bonds. The van der Waals surface area contributed by atoms with E-state index in [1.165, 1.54) is 17.4 Å². The lowest BCUT2D eigenvalue weighted by Crippen LogP contribution is -2.22. The number of aromatic carboxylic acids is 1. The van der Waals surface area contributed by atoms with Crippen molar-refractivity contribution >= 4 is 23.2 Å². The van der Waals surface area contributed by atoms with E-state index in [4.69, 9.17) is 5.11 Å². The Balaban J connectivity index is 1.67. The molecule has 2 aromatic rings. The van der Waals surface area contributed by atoms with Gasteiger partial charge in [-0.1, -0.05) is 12.1 Å². The van der Waals surface area contributed by atoms with Gasteiger partial charge in [-0.15, -0.1) is 11.3 Å². The molecule has 0 unspecified atom stereocenters. The number of nitrogens with one attached hydrogen (secondary N) is 1. The number of rotatable bonds is 5. The van der Waals surface area contributed by atoms with Gasteiger partial charge in [-0.2, -0.15) is 0 Å². The van der Waals surface area contributed by atoms with Gasteiger partial charge < -0.3 is 10.4 Å². The van der Waals surface area contributed by atoms with Gasteiger partial charge in [-0.3, -0.25) is 4.79 Å². The van der Waals surface area contributed by atoms with E-state index in [2.05, 4.69) is 5.32 Å². The number of carbonyl (C=O) groups is 2. The van der Waals surface area contributed by atoms with Gasteiger partial charge in [0.05, 0.1) is 10.4 Å². The summed E-state index contributed by atoms with van der Waals surface area (Å²) in [6.07, 6.45) is 2.33. The Labute approximate surface area is 126 Å². The van der Waals surface area contributed by atoms with Crippen LogP contribution in [0, 0.1) is 0 Å². The minimum atomic E-state index is -0.961. The van der Waals surface area contributed by atoms with Crippen LogP contribution in [-0.2, 0) is 6.54 Å². The molecule has 1 fully saturated rings. The van der Waals surface area contributed by atoms with Gasteiger partial charge in [0.1, 0.15) is 0 Å². The van der Waals surface area contributed by atoms with Crippen molar-refractivity contribution in [2.75, 3.05) is 0 Å². The first kappa shape index (κ1) is 13.8. The molecule has 1 aliphatic carbocycles. The van der Waals surface area contributed by atoms with E-state index < -0.39 is 5.97 Å². The van der Waals surface area contributed by atoms with Gasteiger partial charge in [0, 0.05) is 6.54 Å². The predicted molar refractivity (Wildman–Crippen MR) is 80.9 cm³/mol. The second-order valence-electron chi connectivity index (χ2n) is 5.17. The molecule has 0 radical (unpaired) electrons. The number of amides is 1. The molecule has 0 atom stereocenters. The van der Waals surface area contributed by atoms with Crippen molar-refractivity contribution in [1.82, 2.24) is 5.32 Å². The second-order valence-corrected chi connectivity index (χ2v) is 6.08. The van der Waals surface area contributed by atoms with Crippen LogP contribution < -0.4 is 5.32 Å². The highest BCUT2D eigenvalue weighted by molar-refractivity contribution is 7.12. The predicted octanol–water partition coefficient (Wildman–Crippen LogP) is 3.25. The molecule has 1 aromatic carbocycles. The monoisotopic (exact) mass is 301 g/mol. The highest BCUT2D eigenvalue weighted by atomic mass is 32.1. The fraction of sp³-hybridized carbons (Fsp3) is 0.250. The molecule has 21 heavy (non-hydrogen) atoms. The molecular formula is C16H15NO3S. The van der Waals surface area contributed by atoms with Crippen LogP contribution in [0.1, 0.15) is 49.9 Å². The SMILES string of the molecule is O=C(O)c1cccc(CNC(=O)c2sccc2C2CC2)c1. The van der Waals surface area contributed by atoms with Crippen LogP contribution in [0.15, 0.2) is 35.7 Å². The van der Waals surface area contributed by atoms with Gasteiger partial charge in [0.15, 0.2) is 0 Å². The fourth-order valence-electron chi connectivity index (χ4n) is 2.30. The molecule has 1 aliphatic rings. The maximum Gasteiger partial charge on any atom is 0.335 e. The van der Waals surface area contributed by atoms with E-state index in [0.29, 0.717) is 12.5 Å². The van der Waals surface area contributed by atoms with Crippen LogP contribution in [-0.4, -0.2) is 17.0 Å². The third kappa shape index (κ3) is 3.13. The number of hydrogen-bond donors (Lipinski definition) is 2. The Morgan fingerprint density at radius 2 is 2.10 bits per heavy atom. The van der Waals surface area contributed by atoms with Crippen molar-refractivity contribution in [1.29, 1.82) is 0 Å². The summed E-state index contributed by atoms with van der Waals surface area (Å²) >= 11 is 1.46. The number of thiophene rings is 1. The minimum absolute atomic E-state index is 0.0763. The van der Waals surface area contributed by atoms with Crippen LogP contribution in [0.2, 0.25) is 0 Å². The number of carbonyl (C=O) groups excluding carboxylic acids is 1. The third-order valence-corrected chi connectivity index (χ3v) is 4.48. The van der Waals surface area contributed by atoms with Crippen LogP contribution in [0.25, 0.3) is 0 Å². The first-order valence-electron chi connectivity index (χ1n) is 6.83. The normalized spacial score (nSPS) is 13.9. The van der Waals surface area contributed by atoms with Crippen molar-refractivity contribution in [2.24, 2.45) is 0 Å². The van der Waals surface area contributed by atoms with Crippen molar-refractivity contribution in [3.63, 3.8) is 0 Å². The maximum absolute atomic E-state index is 12.2. The number of carboxylic acids is 1. The van der Waals surface area contributed by atoms with Crippen molar-refractivity contribution in [2.45, 2.75) is 25.3 Å². The topological polar surface area (TPSA) is 66.4 Å². The largest absolute Gasteiger partial charge is 0.478 e. The van der Waals surface area contributed by atoms with E-state index in [1.54, 1.807) is 12.1 Å². The summed E-state index contributed by atoms with van der Waals surface area (Å²) in [5.41, 5.74) is 2.17. The molecule has 0 aliphatic heterocycles. The van der Waals surface area contributed by atoms with E-state index in [0.717, 1.165) is 28.8 Å². The Kier molecular flexibility index (Phi) is 3.75. The Morgan fingerprint density at radius 3 is 2.81 bits per heavy atom. The number of carboxylic acid groups (broad SMARTS) is 1. The first-order chi connectivity index (χ1) is 10.1. The average molecular weight is 301 g/mol. The highest BCUT2D eigenvalue weighted by Gasteiger charge is 2.28. The van der Waals surface area contributed by atoms with E-state index in [-0.39, 0.29) is 11.5 Å². The molecule has 0 spiro atoms. The number of benzene rings is 1. The van der Waals surface area contributed by atoms with Crippen LogP contribution in [0.3, 0.4) is 0 Å². The summed E-state index contributed by atoms with van der Waals surface area (Å²) in [5, 5.41) is 13.8. The Hall–Kier alpha value is -2.14. The van der Waals surface area contributed by atoms with Gasteiger partial charge in [0.25, 0.3) is 5.91 Å². The fourth-order valence-corrected chi connectivity index (χ4v) is 3.20. The molecular weight excluding hydrogens is 286 g/mol. The summed E-state index contributed by atoms with van der Waals surface area (Å²) in [7, 11) is 0. The zero-order chi connectivity index (χ0) is 14.8.